The van der Waals surface area contributed by atoms with Gasteiger partial charge in [0.05, 0.1) is 6.61 Å². The van der Waals surface area contributed by atoms with Crippen LogP contribution in [0.4, 0.5) is 13.2 Å². The van der Waals surface area contributed by atoms with E-state index in [-0.39, 0.29) is 5.56 Å². The van der Waals surface area contributed by atoms with Gasteiger partial charge in [0.15, 0.2) is 0 Å². The van der Waals surface area contributed by atoms with Crippen molar-refractivity contribution in [2.75, 3.05) is 6.61 Å². The Morgan fingerprint density at radius 1 is 1.20 bits per heavy atom. The van der Waals surface area contributed by atoms with Crippen LogP contribution in [0.2, 0.25) is 0 Å². The van der Waals surface area contributed by atoms with Gasteiger partial charge in [-0.25, -0.2) is 0 Å². The fourth-order valence-electron chi connectivity index (χ4n) is 2.04. The van der Waals surface area contributed by atoms with Crippen LogP contribution < -0.4 is 10.5 Å². The number of halogens is 3. The van der Waals surface area contributed by atoms with Gasteiger partial charge in [-0.3, -0.25) is 0 Å². The Hall–Kier alpha value is -1.75. The summed E-state index contributed by atoms with van der Waals surface area (Å²) in [6.07, 6.45) is -3.58. The number of benzene rings is 2. The second-order valence-corrected chi connectivity index (χ2v) is 4.60. The average molecular weight is 283 g/mol. The number of hydrogen-bond donors (Lipinski definition) is 1. The summed E-state index contributed by atoms with van der Waals surface area (Å²) >= 11 is 0. The van der Waals surface area contributed by atoms with E-state index >= 15 is 0 Å². The van der Waals surface area contributed by atoms with Gasteiger partial charge < -0.3 is 10.5 Å². The summed E-state index contributed by atoms with van der Waals surface area (Å²) in [4.78, 5) is 0. The molecule has 0 saturated carbocycles. The monoisotopic (exact) mass is 283 g/mol. The van der Waals surface area contributed by atoms with Crippen molar-refractivity contribution in [3.05, 3.63) is 42.0 Å². The highest BCUT2D eigenvalue weighted by atomic mass is 19.4. The zero-order chi connectivity index (χ0) is 14.8. The van der Waals surface area contributed by atoms with Gasteiger partial charge in [-0.05, 0) is 34.9 Å². The van der Waals surface area contributed by atoms with Gasteiger partial charge >= 0.3 is 6.18 Å². The van der Waals surface area contributed by atoms with Crippen molar-refractivity contribution >= 4 is 10.8 Å². The van der Waals surface area contributed by atoms with E-state index in [0.717, 1.165) is 6.42 Å². The van der Waals surface area contributed by atoms with Crippen LogP contribution in [0.15, 0.2) is 36.4 Å². The second-order valence-electron chi connectivity index (χ2n) is 4.60. The molecule has 2 nitrogen and oxygen atoms in total. The predicted octanol–water partition coefficient (Wildman–Crippen LogP) is 4.19. The van der Waals surface area contributed by atoms with Crippen LogP contribution >= 0.6 is 0 Å². The van der Waals surface area contributed by atoms with Gasteiger partial charge in [0.1, 0.15) is 11.8 Å². The zero-order valence-electron chi connectivity index (χ0n) is 11.1. The van der Waals surface area contributed by atoms with Crippen molar-refractivity contribution in [3.63, 3.8) is 0 Å². The topological polar surface area (TPSA) is 35.2 Å². The fraction of sp³-hybridized carbons (Fsp3) is 0.333. The number of alkyl halides is 3. The molecule has 0 radical (unpaired) electrons. The van der Waals surface area contributed by atoms with Crippen molar-refractivity contribution in [2.24, 2.45) is 5.73 Å². The lowest BCUT2D eigenvalue weighted by atomic mass is 9.99. The molecule has 0 aromatic heterocycles. The molecule has 2 N–H and O–H groups in total. The smallest absolute Gasteiger partial charge is 0.407 e. The normalized spacial score (nSPS) is 13.4. The van der Waals surface area contributed by atoms with Crippen molar-refractivity contribution in [1.82, 2.24) is 0 Å². The molecule has 0 spiro atoms. The molecule has 5 heteroatoms. The van der Waals surface area contributed by atoms with Crippen LogP contribution in [-0.2, 0) is 0 Å². The lowest BCUT2D eigenvalue weighted by molar-refractivity contribution is -0.148. The molecule has 108 valence electrons. The van der Waals surface area contributed by atoms with Crippen LogP contribution in [0.3, 0.4) is 0 Å². The van der Waals surface area contributed by atoms with E-state index in [1.807, 2.05) is 6.92 Å². The molecule has 2 aromatic rings. The van der Waals surface area contributed by atoms with Crippen LogP contribution in [0, 0.1) is 0 Å². The Balaban J connectivity index is 2.43. The van der Waals surface area contributed by atoms with Gasteiger partial charge in [0, 0.05) is 0 Å². The van der Waals surface area contributed by atoms with Gasteiger partial charge in [-0.2, -0.15) is 13.2 Å². The molecule has 0 fully saturated rings. The van der Waals surface area contributed by atoms with Crippen molar-refractivity contribution < 1.29 is 17.9 Å². The van der Waals surface area contributed by atoms with Crippen molar-refractivity contribution in [1.29, 1.82) is 0 Å². The van der Waals surface area contributed by atoms with Crippen molar-refractivity contribution in [2.45, 2.75) is 25.6 Å². The van der Waals surface area contributed by atoms with Crippen LogP contribution in [0.5, 0.6) is 5.75 Å². The first kappa shape index (κ1) is 14.7. The Bertz CT molecular complexity index is 595. The fourth-order valence-corrected chi connectivity index (χ4v) is 2.04. The minimum absolute atomic E-state index is 0.0806. The van der Waals surface area contributed by atoms with Crippen molar-refractivity contribution in [3.8, 4) is 5.75 Å². The van der Waals surface area contributed by atoms with Crippen LogP contribution in [0.25, 0.3) is 10.8 Å². The molecule has 1 atom stereocenters. The molecule has 0 saturated heterocycles. The quantitative estimate of drug-likeness (QED) is 0.913. The maximum absolute atomic E-state index is 12.8. The highest BCUT2D eigenvalue weighted by Gasteiger charge is 2.38. The third-order valence-electron chi connectivity index (χ3n) is 3.05. The van der Waals surface area contributed by atoms with Crippen LogP contribution in [0.1, 0.15) is 24.9 Å². The first-order valence-corrected chi connectivity index (χ1v) is 6.41. The molecule has 0 bridgehead atoms. The summed E-state index contributed by atoms with van der Waals surface area (Å²) in [7, 11) is 0. The molecule has 0 aliphatic carbocycles. The van der Waals surface area contributed by atoms with Crippen LogP contribution in [-0.4, -0.2) is 12.8 Å². The summed E-state index contributed by atoms with van der Waals surface area (Å²) in [5.74, 6) is 0.650. The van der Waals surface area contributed by atoms with E-state index in [0.29, 0.717) is 23.1 Å². The van der Waals surface area contributed by atoms with E-state index in [2.05, 4.69) is 0 Å². The van der Waals surface area contributed by atoms with Gasteiger partial charge in [-0.1, -0.05) is 31.2 Å². The molecule has 0 amide bonds. The number of hydrogen-bond acceptors (Lipinski definition) is 2. The molecular weight excluding hydrogens is 267 g/mol. The third-order valence-corrected chi connectivity index (χ3v) is 3.05. The second kappa shape index (κ2) is 5.71. The highest BCUT2D eigenvalue weighted by molar-refractivity contribution is 5.87. The zero-order valence-corrected chi connectivity index (χ0v) is 11.1. The predicted molar refractivity (Wildman–Crippen MR) is 72.7 cm³/mol. The lowest BCUT2D eigenvalue weighted by Gasteiger charge is -2.18. The summed E-state index contributed by atoms with van der Waals surface area (Å²) in [5, 5.41) is 1.19. The molecular formula is C15H16F3NO. The molecule has 20 heavy (non-hydrogen) atoms. The molecule has 0 unspecified atom stereocenters. The average Bonchev–Trinajstić information content (AvgIpc) is 2.42. The van der Waals surface area contributed by atoms with E-state index in [1.54, 1.807) is 30.3 Å². The number of fused-ring (bicyclic) bond motifs is 1. The Morgan fingerprint density at radius 3 is 2.60 bits per heavy atom. The maximum atomic E-state index is 12.8. The summed E-state index contributed by atoms with van der Waals surface area (Å²) < 4.78 is 43.8. The molecule has 0 aliphatic heterocycles. The summed E-state index contributed by atoms with van der Waals surface area (Å²) in [6.45, 7) is 2.56. The maximum Gasteiger partial charge on any atom is 0.407 e. The standard InChI is InChI=1S/C15H16F3NO/c1-2-8-20-11-6-7-12-10(9-11)4-3-5-13(12)14(19)15(16,17)18/h3-7,9,14H,2,8,19H2,1H3/t14-/m0/s1. The van der Waals surface area contributed by atoms with Gasteiger partial charge in [0.25, 0.3) is 0 Å². The van der Waals surface area contributed by atoms with E-state index in [4.69, 9.17) is 10.5 Å². The first-order valence-electron chi connectivity index (χ1n) is 6.41. The van der Waals surface area contributed by atoms with E-state index in [1.165, 1.54) is 6.07 Å². The third kappa shape index (κ3) is 3.04. The minimum Gasteiger partial charge on any atom is -0.494 e. The summed E-state index contributed by atoms with van der Waals surface area (Å²) in [5.41, 5.74) is 5.38. The van der Waals surface area contributed by atoms with Gasteiger partial charge in [-0.15, -0.1) is 0 Å². The minimum atomic E-state index is -4.45. The van der Waals surface area contributed by atoms with Gasteiger partial charge in [0.2, 0.25) is 0 Å². The highest BCUT2D eigenvalue weighted by Crippen LogP contribution is 2.35. The first-order chi connectivity index (χ1) is 9.43. The molecule has 2 aromatic carbocycles. The van der Waals surface area contributed by atoms with E-state index in [9.17, 15) is 13.2 Å². The summed E-state index contributed by atoms with van der Waals surface area (Å²) in [6, 6.07) is 7.79. The molecule has 2 rings (SSSR count). The Morgan fingerprint density at radius 2 is 1.95 bits per heavy atom. The van der Waals surface area contributed by atoms with E-state index < -0.39 is 12.2 Å². The molecule has 0 heterocycles. The molecule has 0 aliphatic rings. The number of nitrogens with two attached hydrogens (primary N) is 1. The lowest BCUT2D eigenvalue weighted by Crippen LogP contribution is -2.28. The largest absolute Gasteiger partial charge is 0.494 e. The Labute approximate surface area is 115 Å². The number of ether oxygens (including phenoxy) is 1. The SMILES string of the molecule is CCCOc1ccc2c([C@H](N)C(F)(F)F)cccc2c1. The number of rotatable bonds is 4. The Kier molecular flexibility index (Phi) is 4.18.